The Hall–Kier alpha value is -5.96. The van der Waals surface area contributed by atoms with E-state index in [0.29, 0.717) is 0 Å². The van der Waals surface area contributed by atoms with E-state index in [4.69, 9.17) is 0 Å². The molecule has 2 heteroatoms. The summed E-state index contributed by atoms with van der Waals surface area (Å²) in [4.78, 5) is 2.52. The summed E-state index contributed by atoms with van der Waals surface area (Å²) < 4.78 is 2.62. The Labute approximate surface area is 296 Å². The number of rotatable bonds is 5. The normalized spacial score (nSPS) is 13.1. The lowest BCUT2D eigenvalue weighted by atomic mass is 9.73. The first-order chi connectivity index (χ1) is 24.7. The molecule has 1 aliphatic carbocycles. The van der Waals surface area contributed by atoms with Crippen LogP contribution in [0.1, 0.15) is 23.6 Å². The van der Waals surface area contributed by atoms with E-state index >= 15 is 0 Å². The summed E-state index contributed by atoms with van der Waals surface area (Å²) in [5.41, 5.74) is 12.1. The van der Waals surface area contributed by atoms with E-state index in [1.54, 1.807) is 0 Å². The van der Waals surface area contributed by atoms with Crippen molar-refractivity contribution in [1.82, 2.24) is 0 Å². The molecule has 0 unspecified atom stereocenters. The van der Waals surface area contributed by atoms with Gasteiger partial charge in [0, 0.05) is 36.7 Å². The third-order valence-corrected chi connectivity index (χ3v) is 11.9. The van der Waals surface area contributed by atoms with Gasteiger partial charge in [-0.05, 0) is 87.7 Å². The van der Waals surface area contributed by atoms with Crippen LogP contribution in [0.4, 0.5) is 17.1 Å². The van der Waals surface area contributed by atoms with Crippen LogP contribution in [0.25, 0.3) is 53.2 Å². The van der Waals surface area contributed by atoms with Crippen LogP contribution in [0.3, 0.4) is 0 Å². The van der Waals surface area contributed by atoms with Crippen LogP contribution in [-0.2, 0) is 5.41 Å². The van der Waals surface area contributed by atoms with Crippen LogP contribution < -0.4 is 4.90 Å². The van der Waals surface area contributed by atoms with Gasteiger partial charge in [-0.25, -0.2) is 0 Å². The summed E-state index contributed by atoms with van der Waals surface area (Å²) in [7, 11) is 0. The van der Waals surface area contributed by atoms with Gasteiger partial charge in [-0.15, -0.1) is 11.3 Å². The molecule has 1 heterocycles. The van der Waals surface area contributed by atoms with Gasteiger partial charge in [0.15, 0.2) is 0 Å². The molecule has 8 aromatic carbocycles. The summed E-state index contributed by atoms with van der Waals surface area (Å²) in [6, 6.07) is 67.1. The molecule has 1 nitrogen and oxygen atoms in total. The van der Waals surface area contributed by atoms with Crippen molar-refractivity contribution >= 4 is 59.3 Å². The lowest BCUT2D eigenvalue weighted by Crippen LogP contribution is -2.26. The average molecular weight is 656 g/mol. The Balaban J connectivity index is 1.32. The molecular weight excluding hydrogens is 623 g/mol. The lowest BCUT2D eigenvalue weighted by Gasteiger charge is -2.36. The van der Waals surface area contributed by atoms with E-state index in [0.717, 1.165) is 5.69 Å². The zero-order valence-corrected chi connectivity index (χ0v) is 28.5. The summed E-state index contributed by atoms with van der Waals surface area (Å²) in [6.07, 6.45) is 0. The summed E-state index contributed by atoms with van der Waals surface area (Å²) in [5.74, 6) is 0. The van der Waals surface area contributed by atoms with Crippen molar-refractivity contribution < 1.29 is 0 Å². The first-order valence-electron chi connectivity index (χ1n) is 17.3. The summed E-state index contributed by atoms with van der Waals surface area (Å²) >= 11 is 1.89. The van der Waals surface area contributed by atoms with E-state index in [9.17, 15) is 0 Å². The minimum atomic E-state index is -0.389. The molecular formula is C48H33NS. The molecule has 0 spiro atoms. The average Bonchev–Trinajstić information content (AvgIpc) is 3.68. The van der Waals surface area contributed by atoms with Gasteiger partial charge in [0.2, 0.25) is 0 Å². The van der Waals surface area contributed by atoms with Gasteiger partial charge in [0.25, 0.3) is 0 Å². The molecule has 0 N–H and O–H groups in total. The number of fused-ring (bicyclic) bond motifs is 7. The number of hydrogen-bond donors (Lipinski definition) is 0. The Morgan fingerprint density at radius 3 is 1.78 bits per heavy atom. The number of hydrogen-bond acceptors (Lipinski definition) is 2. The van der Waals surface area contributed by atoms with E-state index in [1.807, 2.05) is 11.3 Å². The van der Waals surface area contributed by atoms with Crippen LogP contribution in [0.2, 0.25) is 0 Å². The van der Waals surface area contributed by atoms with E-state index in [1.165, 1.54) is 81.3 Å². The van der Waals surface area contributed by atoms with Crippen molar-refractivity contribution in [2.75, 3.05) is 4.90 Å². The molecule has 0 saturated carbocycles. The third-order valence-electron chi connectivity index (χ3n) is 10.7. The maximum absolute atomic E-state index is 2.52. The Morgan fingerprint density at radius 1 is 0.420 bits per heavy atom. The summed E-state index contributed by atoms with van der Waals surface area (Å²) in [6.45, 7) is 2.44. The zero-order valence-electron chi connectivity index (χ0n) is 27.7. The minimum absolute atomic E-state index is 0.389. The van der Waals surface area contributed by atoms with Crippen LogP contribution in [-0.4, -0.2) is 0 Å². The van der Waals surface area contributed by atoms with Crippen molar-refractivity contribution in [1.29, 1.82) is 0 Å². The minimum Gasteiger partial charge on any atom is -0.310 e. The highest BCUT2D eigenvalue weighted by atomic mass is 32.1. The predicted octanol–water partition coefficient (Wildman–Crippen LogP) is 13.7. The first-order valence-corrected chi connectivity index (χ1v) is 18.1. The topological polar surface area (TPSA) is 3.24 Å². The molecule has 0 saturated heterocycles. The lowest BCUT2D eigenvalue weighted by molar-refractivity contribution is 0.715. The molecule has 0 fully saturated rings. The van der Waals surface area contributed by atoms with E-state index < -0.39 is 0 Å². The molecule has 1 aromatic heterocycles. The molecule has 1 aliphatic rings. The molecule has 0 bridgehead atoms. The van der Waals surface area contributed by atoms with Crippen molar-refractivity contribution in [2.45, 2.75) is 12.3 Å². The number of anilines is 3. The maximum Gasteiger partial charge on any atom is 0.0540 e. The highest BCUT2D eigenvalue weighted by Crippen LogP contribution is 2.57. The van der Waals surface area contributed by atoms with Crippen LogP contribution >= 0.6 is 11.3 Å². The largest absolute Gasteiger partial charge is 0.310 e. The van der Waals surface area contributed by atoms with Gasteiger partial charge in [-0.2, -0.15) is 0 Å². The molecule has 0 atom stereocenters. The molecule has 0 radical (unpaired) electrons. The summed E-state index contributed by atoms with van der Waals surface area (Å²) in [5, 5.41) is 5.04. The van der Waals surface area contributed by atoms with Gasteiger partial charge in [0.1, 0.15) is 0 Å². The fourth-order valence-corrected chi connectivity index (χ4v) is 9.46. The Kier molecular flexibility index (Phi) is 6.55. The molecule has 9 aromatic rings. The standard InChI is InChI=1S/C48H33NS/c1-48(41-22-10-7-19-37(41)38-20-8-11-23-42(38)48)43-31-47-40(39-21-9-12-25-46(39)50-47)30-45(43)49(44-24-13-17-34-16-5-6-18-36(34)44)35-28-26-33(27-29-35)32-14-3-2-4-15-32/h2-31H,1H3. The van der Waals surface area contributed by atoms with Crippen molar-refractivity contribution in [3.8, 4) is 22.3 Å². The molecule has 0 aliphatic heterocycles. The number of thiophene rings is 1. The number of nitrogens with zero attached hydrogens (tertiary/aromatic N) is 1. The van der Waals surface area contributed by atoms with E-state index in [-0.39, 0.29) is 5.41 Å². The zero-order chi connectivity index (χ0) is 33.2. The molecule has 236 valence electrons. The van der Waals surface area contributed by atoms with E-state index in [2.05, 4.69) is 194 Å². The van der Waals surface area contributed by atoms with Gasteiger partial charge in [-0.3, -0.25) is 0 Å². The number of benzene rings is 8. The van der Waals surface area contributed by atoms with Crippen molar-refractivity contribution in [2.24, 2.45) is 0 Å². The first kappa shape index (κ1) is 29.0. The van der Waals surface area contributed by atoms with Gasteiger partial charge in [-0.1, -0.05) is 146 Å². The van der Waals surface area contributed by atoms with Crippen molar-refractivity contribution in [3.63, 3.8) is 0 Å². The monoisotopic (exact) mass is 655 g/mol. The highest BCUT2D eigenvalue weighted by Gasteiger charge is 2.43. The van der Waals surface area contributed by atoms with Gasteiger partial charge in [0.05, 0.1) is 11.4 Å². The Morgan fingerprint density at radius 2 is 1.02 bits per heavy atom. The maximum atomic E-state index is 2.52. The molecule has 50 heavy (non-hydrogen) atoms. The van der Waals surface area contributed by atoms with Gasteiger partial charge < -0.3 is 4.90 Å². The predicted molar refractivity (Wildman–Crippen MR) is 214 cm³/mol. The molecule has 10 rings (SSSR count). The third kappa shape index (κ3) is 4.32. The van der Waals surface area contributed by atoms with Crippen molar-refractivity contribution in [3.05, 3.63) is 199 Å². The Bertz CT molecular complexity index is 2670. The fraction of sp³-hybridized carbons (Fsp3) is 0.0417. The second-order valence-electron chi connectivity index (χ2n) is 13.4. The second kappa shape index (κ2) is 11.3. The second-order valence-corrected chi connectivity index (χ2v) is 14.5. The van der Waals surface area contributed by atoms with Crippen LogP contribution in [0.15, 0.2) is 182 Å². The van der Waals surface area contributed by atoms with Crippen LogP contribution in [0.5, 0.6) is 0 Å². The van der Waals surface area contributed by atoms with Crippen LogP contribution in [0, 0.1) is 0 Å². The highest BCUT2D eigenvalue weighted by molar-refractivity contribution is 7.25. The SMILES string of the molecule is CC1(c2cc3sc4ccccc4c3cc2N(c2ccc(-c3ccccc3)cc2)c2cccc3ccccc23)c2ccccc2-c2ccccc21. The smallest absolute Gasteiger partial charge is 0.0540 e. The fourth-order valence-electron chi connectivity index (χ4n) is 8.33. The van der Waals surface area contributed by atoms with Gasteiger partial charge >= 0.3 is 0 Å². The molecule has 0 amide bonds. The quantitative estimate of drug-likeness (QED) is 0.178.